The molecule has 2 heterocycles. The molecule has 0 unspecified atom stereocenters. The van der Waals surface area contributed by atoms with Crippen LogP contribution < -0.4 is 0 Å². The van der Waals surface area contributed by atoms with Crippen LogP contribution in [-0.2, 0) is 6.54 Å². The summed E-state index contributed by atoms with van der Waals surface area (Å²) in [6, 6.07) is 8.82. The van der Waals surface area contributed by atoms with E-state index in [2.05, 4.69) is 53.0 Å². The topological polar surface area (TPSA) is 17.3 Å². The van der Waals surface area contributed by atoms with Crippen LogP contribution in [0.2, 0.25) is 0 Å². The lowest BCUT2D eigenvalue weighted by atomic mass is 10.1. The van der Waals surface area contributed by atoms with Crippen LogP contribution in [0.3, 0.4) is 0 Å². The van der Waals surface area contributed by atoms with Crippen molar-refractivity contribution in [1.82, 2.24) is 4.57 Å². The molecule has 1 aromatic heterocycles. The number of benzene rings is 1. The van der Waals surface area contributed by atoms with E-state index < -0.39 is 0 Å². The fraction of sp³-hybridized carbons (Fsp3) is 0.389. The highest BCUT2D eigenvalue weighted by Gasteiger charge is 2.06. The first-order chi connectivity index (χ1) is 10.4. The van der Waals surface area contributed by atoms with Crippen LogP contribution in [0.5, 0.6) is 0 Å². The highest BCUT2D eigenvalue weighted by Crippen LogP contribution is 2.25. The van der Waals surface area contributed by atoms with E-state index in [1.54, 1.807) is 11.8 Å². The van der Waals surface area contributed by atoms with Crippen molar-refractivity contribution in [2.24, 2.45) is 4.99 Å². The monoisotopic (exact) mass is 298 g/mol. The highest BCUT2D eigenvalue weighted by molar-refractivity contribution is 8.12. The third-order valence-corrected chi connectivity index (χ3v) is 4.66. The maximum Gasteiger partial charge on any atom is 0.0604 e. The molecule has 2 aromatic rings. The Morgan fingerprint density at radius 2 is 2.19 bits per heavy atom. The van der Waals surface area contributed by atoms with Crippen molar-refractivity contribution in [1.29, 1.82) is 0 Å². The first-order valence-electron chi connectivity index (χ1n) is 7.81. The SMILES string of the molecule is CCCCCCn1ccc2c(C=C3CSC=N3)cccc21. The smallest absolute Gasteiger partial charge is 0.0604 e. The zero-order valence-electron chi connectivity index (χ0n) is 12.6. The van der Waals surface area contributed by atoms with Crippen molar-refractivity contribution in [3.05, 3.63) is 41.7 Å². The Labute approximate surface area is 131 Å². The summed E-state index contributed by atoms with van der Waals surface area (Å²) < 4.78 is 2.39. The van der Waals surface area contributed by atoms with Crippen LogP contribution in [-0.4, -0.2) is 15.9 Å². The Kier molecular flexibility index (Phi) is 4.81. The molecule has 0 aliphatic carbocycles. The molecule has 21 heavy (non-hydrogen) atoms. The Morgan fingerprint density at radius 1 is 1.24 bits per heavy atom. The second-order valence-corrected chi connectivity index (χ2v) is 6.36. The minimum Gasteiger partial charge on any atom is -0.347 e. The molecular formula is C18H22N2S. The fourth-order valence-corrected chi connectivity index (χ4v) is 3.41. The van der Waals surface area contributed by atoms with Gasteiger partial charge in [-0.05, 0) is 30.2 Å². The summed E-state index contributed by atoms with van der Waals surface area (Å²) >= 11 is 1.76. The molecule has 1 aromatic carbocycles. The van der Waals surface area contributed by atoms with Crippen LogP contribution in [0.15, 0.2) is 41.2 Å². The maximum absolute atomic E-state index is 4.41. The molecule has 0 bridgehead atoms. The molecule has 1 aliphatic rings. The summed E-state index contributed by atoms with van der Waals surface area (Å²) in [7, 11) is 0. The second kappa shape index (κ2) is 6.99. The first-order valence-corrected chi connectivity index (χ1v) is 8.86. The Balaban J connectivity index is 1.82. The summed E-state index contributed by atoms with van der Waals surface area (Å²) in [6.07, 6.45) is 9.68. The van der Waals surface area contributed by atoms with E-state index in [9.17, 15) is 0 Å². The van der Waals surface area contributed by atoms with Gasteiger partial charge in [-0.25, -0.2) is 0 Å². The van der Waals surface area contributed by atoms with Crippen molar-refractivity contribution >= 4 is 34.3 Å². The number of fused-ring (bicyclic) bond motifs is 1. The van der Waals surface area contributed by atoms with Gasteiger partial charge in [0, 0.05) is 29.4 Å². The van der Waals surface area contributed by atoms with Crippen LogP contribution in [0.1, 0.15) is 38.2 Å². The molecule has 1 aliphatic heterocycles. The number of rotatable bonds is 6. The molecule has 0 atom stereocenters. The van der Waals surface area contributed by atoms with Gasteiger partial charge in [0.2, 0.25) is 0 Å². The Bertz CT molecular complexity index is 667. The highest BCUT2D eigenvalue weighted by atomic mass is 32.2. The van der Waals surface area contributed by atoms with Crippen LogP contribution in [0, 0.1) is 0 Å². The predicted molar refractivity (Wildman–Crippen MR) is 95.0 cm³/mol. The van der Waals surface area contributed by atoms with Crippen molar-refractivity contribution in [2.45, 2.75) is 39.2 Å². The number of nitrogens with zero attached hydrogens (tertiary/aromatic N) is 2. The number of aliphatic imine (C=N–C) groups is 1. The average molecular weight is 298 g/mol. The number of unbranched alkanes of at least 4 members (excludes halogenated alkanes) is 3. The van der Waals surface area contributed by atoms with Crippen LogP contribution in [0.4, 0.5) is 0 Å². The normalized spacial score (nSPS) is 16.3. The van der Waals surface area contributed by atoms with E-state index in [0.717, 1.165) is 12.3 Å². The average Bonchev–Trinajstić information content (AvgIpc) is 3.14. The molecule has 0 saturated carbocycles. The van der Waals surface area contributed by atoms with Gasteiger partial charge in [-0.15, -0.1) is 11.8 Å². The molecule has 0 N–H and O–H groups in total. The number of thioether (sulfide) groups is 1. The summed E-state index contributed by atoms with van der Waals surface area (Å²) in [6.45, 7) is 3.38. The summed E-state index contributed by atoms with van der Waals surface area (Å²) in [4.78, 5) is 4.41. The van der Waals surface area contributed by atoms with E-state index in [1.807, 2.05) is 5.55 Å². The first kappa shape index (κ1) is 14.5. The minimum absolute atomic E-state index is 0.994. The van der Waals surface area contributed by atoms with Crippen LogP contribution in [0.25, 0.3) is 17.0 Å². The molecule has 0 saturated heterocycles. The van der Waals surface area contributed by atoms with Gasteiger partial charge < -0.3 is 4.57 Å². The third kappa shape index (κ3) is 3.41. The Hall–Kier alpha value is -1.48. The van der Waals surface area contributed by atoms with Crippen molar-refractivity contribution in [3.8, 4) is 0 Å². The quantitative estimate of drug-likeness (QED) is 0.658. The number of hydrogen-bond donors (Lipinski definition) is 0. The van der Waals surface area contributed by atoms with Gasteiger partial charge in [0.05, 0.1) is 11.2 Å². The molecule has 110 valence electrons. The van der Waals surface area contributed by atoms with Gasteiger partial charge >= 0.3 is 0 Å². The number of aryl methyl sites for hydroxylation is 1. The van der Waals surface area contributed by atoms with Gasteiger partial charge in [0.15, 0.2) is 0 Å². The van der Waals surface area contributed by atoms with Crippen molar-refractivity contribution < 1.29 is 0 Å². The lowest BCUT2D eigenvalue weighted by Crippen LogP contribution is -1.95. The molecule has 3 rings (SSSR count). The standard InChI is InChI=1S/C18H22N2S/c1-2-3-4-5-10-20-11-9-17-15(7-6-8-18(17)20)12-16-13-21-14-19-16/h6-9,11-12,14H,2-5,10,13H2,1H3. The molecule has 0 spiro atoms. The van der Waals surface area contributed by atoms with Crippen molar-refractivity contribution in [3.63, 3.8) is 0 Å². The van der Waals surface area contributed by atoms with E-state index in [-0.39, 0.29) is 0 Å². The number of hydrogen-bond acceptors (Lipinski definition) is 2. The van der Waals surface area contributed by atoms with E-state index in [0.29, 0.717) is 0 Å². The van der Waals surface area contributed by atoms with Crippen molar-refractivity contribution in [2.75, 3.05) is 5.75 Å². The lowest BCUT2D eigenvalue weighted by molar-refractivity contribution is 0.593. The summed E-state index contributed by atoms with van der Waals surface area (Å²) in [5.41, 5.74) is 5.73. The minimum atomic E-state index is 0.994. The van der Waals surface area contributed by atoms with Gasteiger partial charge in [-0.2, -0.15) is 0 Å². The van der Waals surface area contributed by atoms with E-state index in [1.165, 1.54) is 47.8 Å². The molecule has 0 amide bonds. The van der Waals surface area contributed by atoms with Gasteiger partial charge in [0.1, 0.15) is 0 Å². The third-order valence-electron chi connectivity index (χ3n) is 3.95. The summed E-state index contributed by atoms with van der Waals surface area (Å²) in [5.74, 6) is 0.994. The predicted octanol–water partition coefficient (Wildman–Crippen LogP) is 5.34. The second-order valence-electron chi connectivity index (χ2n) is 5.53. The summed E-state index contributed by atoms with van der Waals surface area (Å²) in [5, 5.41) is 1.34. The van der Waals surface area contributed by atoms with Gasteiger partial charge in [0.25, 0.3) is 0 Å². The molecule has 0 fully saturated rings. The van der Waals surface area contributed by atoms with E-state index >= 15 is 0 Å². The fourth-order valence-electron chi connectivity index (χ4n) is 2.80. The Morgan fingerprint density at radius 3 is 3.00 bits per heavy atom. The van der Waals surface area contributed by atoms with Gasteiger partial charge in [-0.1, -0.05) is 38.3 Å². The molecule has 0 radical (unpaired) electrons. The zero-order chi connectivity index (χ0) is 14.5. The van der Waals surface area contributed by atoms with Gasteiger partial charge in [-0.3, -0.25) is 4.99 Å². The maximum atomic E-state index is 4.41. The lowest BCUT2D eigenvalue weighted by Gasteiger charge is -2.06. The number of aromatic nitrogens is 1. The largest absolute Gasteiger partial charge is 0.347 e. The molecule has 3 heteroatoms. The molecular weight excluding hydrogens is 276 g/mol. The molecule has 2 nitrogen and oxygen atoms in total. The van der Waals surface area contributed by atoms with Crippen LogP contribution >= 0.6 is 11.8 Å². The van der Waals surface area contributed by atoms with E-state index in [4.69, 9.17) is 0 Å². The zero-order valence-corrected chi connectivity index (χ0v) is 13.4.